The van der Waals surface area contributed by atoms with Gasteiger partial charge in [-0.15, -0.1) is 0 Å². The van der Waals surface area contributed by atoms with Crippen molar-refractivity contribution >= 4 is 16.8 Å². The largest absolute Gasteiger partial charge is 0.361 e. The first-order chi connectivity index (χ1) is 10.6. The predicted octanol–water partition coefficient (Wildman–Crippen LogP) is 4.14. The number of aryl methyl sites for hydroxylation is 1. The molecule has 0 atom stereocenters. The van der Waals surface area contributed by atoms with Gasteiger partial charge in [-0.2, -0.15) is 0 Å². The maximum Gasteiger partial charge on any atom is 0.223 e. The molecule has 0 aliphatic heterocycles. The Bertz CT molecular complexity index is 640. The number of hydrogen-bond acceptors (Lipinski definition) is 1. The standard InChI is InChI=1S/C19H26N2O/c1-14(2)11-12-21(16-8-9-16)19(22)10-7-15-13-20-18-6-4-3-5-17(15)18/h3-6,13-14,16,20H,7-12H2,1-2H3. The van der Waals surface area contributed by atoms with Crippen molar-refractivity contribution in [3.05, 3.63) is 36.0 Å². The first-order valence-corrected chi connectivity index (χ1v) is 8.49. The Kier molecular flexibility index (Phi) is 4.51. The van der Waals surface area contributed by atoms with Crippen molar-refractivity contribution in [1.82, 2.24) is 9.88 Å². The van der Waals surface area contributed by atoms with Crippen LogP contribution in [-0.4, -0.2) is 28.4 Å². The van der Waals surface area contributed by atoms with Crippen molar-refractivity contribution in [3.63, 3.8) is 0 Å². The molecule has 2 aromatic rings. The molecule has 3 nitrogen and oxygen atoms in total. The molecular weight excluding hydrogens is 272 g/mol. The number of carbonyl (C=O) groups excluding carboxylic acids is 1. The number of para-hydroxylation sites is 1. The lowest BCUT2D eigenvalue weighted by Crippen LogP contribution is -2.34. The van der Waals surface area contributed by atoms with Crippen LogP contribution in [0, 0.1) is 5.92 Å². The second kappa shape index (κ2) is 6.55. The molecule has 118 valence electrons. The SMILES string of the molecule is CC(C)CCN(C(=O)CCc1c[nH]c2ccccc12)C1CC1. The van der Waals surface area contributed by atoms with E-state index in [0.717, 1.165) is 24.9 Å². The molecule has 0 spiro atoms. The Labute approximate surface area is 132 Å². The zero-order valence-corrected chi connectivity index (χ0v) is 13.6. The molecule has 1 amide bonds. The van der Waals surface area contributed by atoms with Crippen molar-refractivity contribution in [3.8, 4) is 0 Å². The summed E-state index contributed by atoms with van der Waals surface area (Å²) in [7, 11) is 0. The molecule has 0 saturated heterocycles. The second-order valence-electron chi connectivity index (χ2n) is 6.86. The minimum atomic E-state index is 0.327. The molecule has 1 fully saturated rings. The number of aromatic amines is 1. The molecule has 1 N–H and O–H groups in total. The molecule has 0 radical (unpaired) electrons. The topological polar surface area (TPSA) is 36.1 Å². The van der Waals surface area contributed by atoms with Gasteiger partial charge in [-0.1, -0.05) is 32.0 Å². The summed E-state index contributed by atoms with van der Waals surface area (Å²) >= 11 is 0. The van der Waals surface area contributed by atoms with E-state index >= 15 is 0 Å². The molecule has 1 aliphatic carbocycles. The molecule has 1 saturated carbocycles. The van der Waals surface area contributed by atoms with Gasteiger partial charge in [0, 0.05) is 36.1 Å². The number of nitrogens with one attached hydrogen (secondary N) is 1. The molecule has 0 bridgehead atoms. The number of carbonyl (C=O) groups is 1. The van der Waals surface area contributed by atoms with Crippen LogP contribution < -0.4 is 0 Å². The first kappa shape index (κ1) is 15.1. The third-order valence-corrected chi connectivity index (χ3v) is 4.54. The van der Waals surface area contributed by atoms with E-state index in [2.05, 4.69) is 41.9 Å². The Morgan fingerprint density at radius 1 is 1.32 bits per heavy atom. The van der Waals surface area contributed by atoms with Gasteiger partial charge in [0.1, 0.15) is 0 Å². The van der Waals surface area contributed by atoms with Crippen LogP contribution in [0.15, 0.2) is 30.5 Å². The van der Waals surface area contributed by atoms with E-state index in [1.54, 1.807) is 0 Å². The normalized spacial score (nSPS) is 14.7. The Morgan fingerprint density at radius 2 is 2.09 bits per heavy atom. The van der Waals surface area contributed by atoms with Crippen LogP contribution in [0.4, 0.5) is 0 Å². The van der Waals surface area contributed by atoms with Gasteiger partial charge in [-0.3, -0.25) is 4.79 Å². The number of rotatable bonds is 7. The maximum absolute atomic E-state index is 12.6. The summed E-state index contributed by atoms with van der Waals surface area (Å²) < 4.78 is 0. The van der Waals surface area contributed by atoms with Gasteiger partial charge in [-0.05, 0) is 43.2 Å². The van der Waals surface area contributed by atoms with E-state index in [0.29, 0.717) is 24.3 Å². The van der Waals surface area contributed by atoms with Crippen LogP contribution in [0.1, 0.15) is 45.1 Å². The lowest BCUT2D eigenvalue weighted by atomic mass is 10.1. The fraction of sp³-hybridized carbons (Fsp3) is 0.526. The number of benzene rings is 1. The van der Waals surface area contributed by atoms with E-state index in [9.17, 15) is 4.79 Å². The zero-order chi connectivity index (χ0) is 15.5. The molecule has 22 heavy (non-hydrogen) atoms. The molecule has 3 heteroatoms. The average molecular weight is 298 g/mol. The number of nitrogens with zero attached hydrogens (tertiary/aromatic N) is 1. The first-order valence-electron chi connectivity index (χ1n) is 8.49. The highest BCUT2D eigenvalue weighted by Gasteiger charge is 2.31. The maximum atomic E-state index is 12.6. The third kappa shape index (κ3) is 3.52. The van der Waals surface area contributed by atoms with Crippen molar-refractivity contribution < 1.29 is 4.79 Å². The monoisotopic (exact) mass is 298 g/mol. The van der Waals surface area contributed by atoms with Gasteiger partial charge >= 0.3 is 0 Å². The van der Waals surface area contributed by atoms with Gasteiger partial charge < -0.3 is 9.88 Å². The Morgan fingerprint density at radius 3 is 2.82 bits per heavy atom. The van der Waals surface area contributed by atoms with Crippen molar-refractivity contribution in [2.75, 3.05) is 6.54 Å². The summed E-state index contributed by atoms with van der Waals surface area (Å²) in [5.74, 6) is 0.982. The number of aromatic nitrogens is 1. The minimum absolute atomic E-state index is 0.327. The molecule has 1 heterocycles. The van der Waals surface area contributed by atoms with E-state index in [-0.39, 0.29) is 0 Å². The third-order valence-electron chi connectivity index (χ3n) is 4.54. The minimum Gasteiger partial charge on any atom is -0.361 e. The molecule has 3 rings (SSSR count). The van der Waals surface area contributed by atoms with Gasteiger partial charge in [0.05, 0.1) is 0 Å². The number of hydrogen-bond donors (Lipinski definition) is 1. The van der Waals surface area contributed by atoms with Crippen LogP contribution in [0.2, 0.25) is 0 Å². The van der Waals surface area contributed by atoms with Gasteiger partial charge in [0.2, 0.25) is 5.91 Å². The van der Waals surface area contributed by atoms with E-state index < -0.39 is 0 Å². The van der Waals surface area contributed by atoms with Crippen molar-refractivity contribution in [2.45, 2.75) is 52.0 Å². The summed E-state index contributed by atoms with van der Waals surface area (Å²) in [5, 5.41) is 1.25. The summed E-state index contributed by atoms with van der Waals surface area (Å²) in [5.41, 5.74) is 2.41. The smallest absolute Gasteiger partial charge is 0.223 e. The van der Waals surface area contributed by atoms with E-state index in [1.165, 1.54) is 23.8 Å². The van der Waals surface area contributed by atoms with Crippen LogP contribution in [0.3, 0.4) is 0 Å². The predicted molar refractivity (Wildman–Crippen MR) is 90.8 cm³/mol. The summed E-state index contributed by atoms with van der Waals surface area (Å²) in [4.78, 5) is 18.0. The number of fused-ring (bicyclic) bond motifs is 1. The quantitative estimate of drug-likeness (QED) is 0.819. The summed E-state index contributed by atoms with van der Waals surface area (Å²) in [6, 6.07) is 8.83. The lowest BCUT2D eigenvalue weighted by molar-refractivity contribution is -0.131. The van der Waals surface area contributed by atoms with Crippen molar-refractivity contribution in [2.24, 2.45) is 5.92 Å². The molecule has 1 aromatic heterocycles. The Balaban J connectivity index is 1.60. The van der Waals surface area contributed by atoms with Gasteiger partial charge in [0.15, 0.2) is 0 Å². The molecule has 0 unspecified atom stereocenters. The van der Waals surface area contributed by atoms with Crippen LogP contribution in [0.5, 0.6) is 0 Å². The fourth-order valence-electron chi connectivity index (χ4n) is 3.02. The van der Waals surface area contributed by atoms with E-state index in [1.807, 2.05) is 12.3 Å². The molecule has 1 aliphatic rings. The van der Waals surface area contributed by atoms with E-state index in [4.69, 9.17) is 0 Å². The second-order valence-corrected chi connectivity index (χ2v) is 6.86. The molecule has 1 aromatic carbocycles. The summed E-state index contributed by atoms with van der Waals surface area (Å²) in [6.45, 7) is 5.37. The van der Waals surface area contributed by atoms with Gasteiger partial charge in [-0.25, -0.2) is 0 Å². The van der Waals surface area contributed by atoms with Crippen LogP contribution >= 0.6 is 0 Å². The highest BCUT2D eigenvalue weighted by atomic mass is 16.2. The zero-order valence-electron chi connectivity index (χ0n) is 13.6. The van der Waals surface area contributed by atoms with Crippen LogP contribution in [0.25, 0.3) is 10.9 Å². The van der Waals surface area contributed by atoms with Crippen molar-refractivity contribution in [1.29, 1.82) is 0 Å². The average Bonchev–Trinajstić information content (AvgIpc) is 3.25. The highest BCUT2D eigenvalue weighted by molar-refractivity contribution is 5.84. The van der Waals surface area contributed by atoms with Gasteiger partial charge in [0.25, 0.3) is 0 Å². The number of amides is 1. The van der Waals surface area contributed by atoms with Crippen LogP contribution in [-0.2, 0) is 11.2 Å². The Hall–Kier alpha value is -1.77. The summed E-state index contributed by atoms with van der Waals surface area (Å²) in [6.07, 6.45) is 6.99. The number of H-pyrrole nitrogens is 1. The highest BCUT2D eigenvalue weighted by Crippen LogP contribution is 2.28. The fourth-order valence-corrected chi connectivity index (χ4v) is 3.02. The lowest BCUT2D eigenvalue weighted by Gasteiger charge is -2.23. The molecular formula is C19H26N2O.